The fraction of sp³-hybridized carbons (Fsp3) is 0.467. The van der Waals surface area contributed by atoms with Gasteiger partial charge in [-0.3, -0.25) is 9.59 Å². The van der Waals surface area contributed by atoms with Crippen molar-refractivity contribution in [3.63, 3.8) is 0 Å². The lowest BCUT2D eigenvalue weighted by atomic mass is 10.0. The van der Waals surface area contributed by atoms with Crippen molar-refractivity contribution >= 4 is 11.8 Å². The third-order valence-corrected chi connectivity index (χ3v) is 3.03. The van der Waals surface area contributed by atoms with Gasteiger partial charge in [-0.2, -0.15) is 0 Å². The smallest absolute Gasteiger partial charge is 0.303 e. The van der Waals surface area contributed by atoms with E-state index < -0.39 is 5.97 Å². The maximum Gasteiger partial charge on any atom is 0.303 e. The van der Waals surface area contributed by atoms with Crippen LogP contribution in [0.25, 0.3) is 0 Å². The van der Waals surface area contributed by atoms with E-state index in [9.17, 15) is 9.59 Å². The van der Waals surface area contributed by atoms with E-state index in [0.717, 1.165) is 0 Å². The van der Waals surface area contributed by atoms with Crippen molar-refractivity contribution in [3.8, 4) is 17.2 Å². The Labute approximate surface area is 123 Å². The van der Waals surface area contributed by atoms with Crippen LogP contribution < -0.4 is 14.2 Å². The Hall–Kier alpha value is -2.24. The molecule has 1 aromatic rings. The number of carboxylic acids is 1. The van der Waals surface area contributed by atoms with Crippen LogP contribution in [-0.2, 0) is 4.79 Å². The SMILES string of the molecule is COc1cc(C(=O)CCCCC(=O)O)cc(OC)c1OC. The van der Waals surface area contributed by atoms with Crippen LogP contribution in [0.5, 0.6) is 17.2 Å². The van der Waals surface area contributed by atoms with Crippen molar-refractivity contribution in [1.82, 2.24) is 0 Å². The summed E-state index contributed by atoms with van der Waals surface area (Å²) in [5.74, 6) is 0.341. The molecular formula is C15H20O6. The van der Waals surface area contributed by atoms with E-state index in [2.05, 4.69) is 0 Å². The number of ether oxygens (including phenoxy) is 3. The minimum Gasteiger partial charge on any atom is -0.493 e. The van der Waals surface area contributed by atoms with Gasteiger partial charge in [0, 0.05) is 18.4 Å². The van der Waals surface area contributed by atoms with E-state index in [0.29, 0.717) is 35.7 Å². The summed E-state index contributed by atoms with van der Waals surface area (Å²) in [6.07, 6.45) is 1.36. The zero-order chi connectivity index (χ0) is 15.8. The summed E-state index contributed by atoms with van der Waals surface area (Å²) >= 11 is 0. The minimum absolute atomic E-state index is 0.0720. The second-order valence-electron chi connectivity index (χ2n) is 4.44. The standard InChI is InChI=1S/C15H20O6/c1-19-12-8-10(9-13(20-2)15(12)21-3)11(16)6-4-5-7-14(17)18/h8-9H,4-7H2,1-3H3,(H,17,18). The average Bonchev–Trinajstić information content (AvgIpc) is 2.49. The number of hydrogen-bond donors (Lipinski definition) is 1. The van der Waals surface area contributed by atoms with Gasteiger partial charge >= 0.3 is 5.97 Å². The first-order valence-electron chi connectivity index (χ1n) is 6.58. The molecule has 21 heavy (non-hydrogen) atoms. The van der Waals surface area contributed by atoms with Crippen LogP contribution in [-0.4, -0.2) is 38.2 Å². The molecule has 0 atom stereocenters. The lowest BCUT2D eigenvalue weighted by Gasteiger charge is -2.13. The maximum absolute atomic E-state index is 12.1. The Morgan fingerprint density at radius 2 is 1.48 bits per heavy atom. The topological polar surface area (TPSA) is 82.1 Å². The van der Waals surface area contributed by atoms with Gasteiger partial charge in [-0.25, -0.2) is 0 Å². The zero-order valence-corrected chi connectivity index (χ0v) is 12.5. The molecular weight excluding hydrogens is 276 g/mol. The van der Waals surface area contributed by atoms with Gasteiger partial charge in [-0.05, 0) is 25.0 Å². The molecule has 0 aliphatic carbocycles. The van der Waals surface area contributed by atoms with Crippen LogP contribution in [0.3, 0.4) is 0 Å². The highest BCUT2D eigenvalue weighted by atomic mass is 16.5. The lowest BCUT2D eigenvalue weighted by Crippen LogP contribution is -2.03. The van der Waals surface area contributed by atoms with Crippen molar-refractivity contribution in [1.29, 1.82) is 0 Å². The summed E-state index contributed by atoms with van der Waals surface area (Å²) in [6.45, 7) is 0. The summed E-state index contributed by atoms with van der Waals surface area (Å²) in [5, 5.41) is 8.56. The van der Waals surface area contributed by atoms with Crippen LogP contribution in [0, 0.1) is 0 Å². The van der Waals surface area contributed by atoms with Crippen molar-refractivity contribution in [2.24, 2.45) is 0 Å². The van der Waals surface area contributed by atoms with E-state index in [1.165, 1.54) is 21.3 Å². The molecule has 0 aliphatic heterocycles. The molecule has 0 fully saturated rings. The number of hydrogen-bond acceptors (Lipinski definition) is 5. The molecule has 0 aromatic heterocycles. The molecule has 0 aliphatic rings. The second-order valence-corrected chi connectivity index (χ2v) is 4.44. The summed E-state index contributed by atoms with van der Waals surface area (Å²) in [4.78, 5) is 22.5. The minimum atomic E-state index is -0.852. The normalized spacial score (nSPS) is 10.0. The van der Waals surface area contributed by atoms with Crippen molar-refractivity contribution in [2.45, 2.75) is 25.7 Å². The van der Waals surface area contributed by atoms with Crippen LogP contribution in [0.15, 0.2) is 12.1 Å². The quantitative estimate of drug-likeness (QED) is 0.557. The summed E-state index contributed by atoms with van der Waals surface area (Å²) < 4.78 is 15.6. The van der Waals surface area contributed by atoms with Gasteiger partial charge in [0.2, 0.25) is 5.75 Å². The van der Waals surface area contributed by atoms with E-state index in [1.54, 1.807) is 12.1 Å². The van der Waals surface area contributed by atoms with Gasteiger partial charge in [-0.1, -0.05) is 0 Å². The fourth-order valence-corrected chi connectivity index (χ4v) is 1.95. The number of rotatable bonds is 9. The molecule has 0 bridgehead atoms. The number of carbonyl (C=O) groups is 2. The predicted octanol–water partition coefficient (Wildman–Crippen LogP) is 2.54. The average molecular weight is 296 g/mol. The number of aliphatic carboxylic acids is 1. The van der Waals surface area contributed by atoms with Crippen LogP contribution in [0.4, 0.5) is 0 Å². The Kier molecular flexibility index (Phi) is 6.52. The monoisotopic (exact) mass is 296 g/mol. The zero-order valence-electron chi connectivity index (χ0n) is 12.5. The van der Waals surface area contributed by atoms with Crippen LogP contribution in [0.1, 0.15) is 36.0 Å². The molecule has 1 aromatic carbocycles. The number of Topliss-reactive ketones (excluding diaryl/α,β-unsaturated/α-hetero) is 1. The van der Waals surface area contributed by atoms with E-state index in [1.807, 2.05) is 0 Å². The second kappa shape index (κ2) is 8.14. The molecule has 1 rings (SSSR count). The molecule has 6 heteroatoms. The first-order chi connectivity index (χ1) is 10.0. The number of carbonyl (C=O) groups excluding carboxylic acids is 1. The molecule has 0 amide bonds. The Morgan fingerprint density at radius 1 is 0.952 bits per heavy atom. The lowest BCUT2D eigenvalue weighted by molar-refractivity contribution is -0.137. The number of unbranched alkanes of at least 4 members (excludes halogenated alkanes) is 1. The van der Waals surface area contributed by atoms with E-state index >= 15 is 0 Å². The van der Waals surface area contributed by atoms with E-state index in [-0.39, 0.29) is 18.6 Å². The third kappa shape index (κ3) is 4.66. The third-order valence-electron chi connectivity index (χ3n) is 3.03. The first-order valence-corrected chi connectivity index (χ1v) is 6.58. The predicted molar refractivity (Wildman–Crippen MR) is 76.5 cm³/mol. The highest BCUT2D eigenvalue weighted by Gasteiger charge is 2.16. The summed E-state index contributed by atoms with van der Waals surface area (Å²) in [7, 11) is 4.46. The van der Waals surface area contributed by atoms with Gasteiger partial charge in [0.15, 0.2) is 17.3 Å². The Balaban J connectivity index is 2.82. The van der Waals surface area contributed by atoms with Gasteiger partial charge in [0.1, 0.15) is 0 Å². The summed E-state index contributed by atoms with van der Waals surface area (Å²) in [6, 6.07) is 3.20. The van der Waals surface area contributed by atoms with Crippen molar-refractivity contribution < 1.29 is 28.9 Å². The Bertz CT molecular complexity index is 484. The molecule has 116 valence electrons. The summed E-state index contributed by atoms with van der Waals surface area (Å²) in [5.41, 5.74) is 0.458. The molecule has 0 spiro atoms. The number of carboxylic acid groups (broad SMARTS) is 1. The van der Waals surface area contributed by atoms with E-state index in [4.69, 9.17) is 19.3 Å². The highest BCUT2D eigenvalue weighted by molar-refractivity contribution is 5.97. The first kappa shape index (κ1) is 16.8. The maximum atomic E-state index is 12.1. The van der Waals surface area contributed by atoms with Gasteiger partial charge in [0.25, 0.3) is 0 Å². The molecule has 6 nitrogen and oxygen atoms in total. The molecule has 0 saturated carbocycles. The largest absolute Gasteiger partial charge is 0.493 e. The van der Waals surface area contributed by atoms with Gasteiger partial charge < -0.3 is 19.3 Å². The highest BCUT2D eigenvalue weighted by Crippen LogP contribution is 2.38. The van der Waals surface area contributed by atoms with Crippen LogP contribution >= 0.6 is 0 Å². The van der Waals surface area contributed by atoms with Crippen molar-refractivity contribution in [3.05, 3.63) is 17.7 Å². The Morgan fingerprint density at radius 3 is 1.90 bits per heavy atom. The van der Waals surface area contributed by atoms with Gasteiger partial charge in [-0.15, -0.1) is 0 Å². The number of benzene rings is 1. The fourth-order valence-electron chi connectivity index (χ4n) is 1.95. The molecule has 0 heterocycles. The van der Waals surface area contributed by atoms with Crippen molar-refractivity contribution in [2.75, 3.05) is 21.3 Å². The molecule has 0 unspecified atom stereocenters. The molecule has 0 saturated heterocycles. The van der Waals surface area contributed by atoms with Crippen LogP contribution in [0.2, 0.25) is 0 Å². The van der Waals surface area contributed by atoms with Gasteiger partial charge in [0.05, 0.1) is 21.3 Å². The number of methoxy groups -OCH3 is 3. The molecule has 0 radical (unpaired) electrons. The number of ketones is 1. The molecule has 1 N–H and O–H groups in total.